The highest BCUT2D eigenvalue weighted by Gasteiger charge is 2.33. The van der Waals surface area contributed by atoms with Gasteiger partial charge in [0.1, 0.15) is 5.52 Å². The number of nitrogens with one attached hydrogen (secondary N) is 2. The number of carbonyl (C=O) groups excluding carboxylic acids is 3. The standard InChI is InChI=1S/C47H49F5N6O6/c1-5-31(22-30(28-14-15-33(48)34(49)23-28)26-53-46(61)29-24-38(62-2)43(64-4)39(25-29)63-3)57-20-16-27(17-21-57)41(59)44-54-36-12-8-10-32(40(36)56-44)42(60)45-55-35-11-6-7-13-37(35)58(45)19-9-18-47(50,51)52/h6-8,10-15,23-25,27,30-31H,5,9,16-22,26H2,1-4H3,(H,53,61)(H,54,56). The lowest BCUT2D eigenvalue weighted by Crippen LogP contribution is -2.44. The van der Waals surface area contributed by atoms with Crippen LogP contribution in [0.25, 0.3) is 22.1 Å². The predicted octanol–water partition coefficient (Wildman–Crippen LogP) is 9.07. The van der Waals surface area contributed by atoms with E-state index in [4.69, 9.17) is 14.2 Å². The molecule has 1 aliphatic rings. The molecule has 12 nitrogen and oxygen atoms in total. The van der Waals surface area contributed by atoms with Gasteiger partial charge in [-0.1, -0.05) is 31.2 Å². The number of para-hydroxylation sites is 3. The van der Waals surface area contributed by atoms with Crippen LogP contribution in [0.1, 0.15) is 94.1 Å². The molecule has 2 aromatic heterocycles. The van der Waals surface area contributed by atoms with Crippen LogP contribution >= 0.6 is 0 Å². The number of aromatic amines is 1. The Morgan fingerprint density at radius 1 is 0.891 bits per heavy atom. The van der Waals surface area contributed by atoms with Crippen LogP contribution in [0.2, 0.25) is 0 Å². The average Bonchev–Trinajstić information content (AvgIpc) is 3.91. The molecule has 2 unspecified atom stereocenters. The second kappa shape index (κ2) is 19.6. The average molecular weight is 889 g/mol. The van der Waals surface area contributed by atoms with Gasteiger partial charge in [0.25, 0.3) is 5.91 Å². The van der Waals surface area contributed by atoms with Gasteiger partial charge in [-0.3, -0.25) is 14.4 Å². The van der Waals surface area contributed by atoms with E-state index < -0.39 is 41.8 Å². The zero-order valence-corrected chi connectivity index (χ0v) is 35.9. The van der Waals surface area contributed by atoms with E-state index >= 15 is 0 Å². The Morgan fingerprint density at radius 2 is 1.61 bits per heavy atom. The number of fused-ring (bicyclic) bond motifs is 2. The Hall–Kier alpha value is -6.36. The quantitative estimate of drug-likeness (QED) is 0.0639. The fourth-order valence-corrected chi connectivity index (χ4v) is 8.62. The molecule has 2 atom stereocenters. The van der Waals surface area contributed by atoms with Gasteiger partial charge in [-0.05, 0) is 99.3 Å². The molecule has 64 heavy (non-hydrogen) atoms. The fraction of sp³-hybridized carbons (Fsp3) is 0.383. The number of piperidine rings is 1. The van der Waals surface area contributed by atoms with Crippen LogP contribution in [0.4, 0.5) is 22.0 Å². The van der Waals surface area contributed by atoms with Crippen LogP contribution < -0.4 is 19.5 Å². The van der Waals surface area contributed by atoms with Crippen molar-refractivity contribution in [2.75, 3.05) is 41.0 Å². The monoisotopic (exact) mass is 888 g/mol. The number of methoxy groups -OCH3 is 3. The molecule has 7 rings (SSSR count). The fourth-order valence-electron chi connectivity index (χ4n) is 8.62. The number of carbonyl (C=O) groups is 3. The lowest BCUT2D eigenvalue weighted by atomic mass is 9.87. The highest BCUT2D eigenvalue weighted by Crippen LogP contribution is 2.38. The molecule has 1 fully saturated rings. The molecule has 3 heterocycles. The Labute approximate surface area is 366 Å². The number of Topliss-reactive ketones (excluding diaryl/α,β-unsaturated/α-hetero) is 1. The van der Waals surface area contributed by atoms with Crippen LogP contribution in [0, 0.1) is 17.6 Å². The van der Waals surface area contributed by atoms with E-state index in [1.807, 2.05) is 6.92 Å². The minimum atomic E-state index is -4.35. The number of H-pyrrole nitrogens is 1. The first-order valence-electron chi connectivity index (χ1n) is 21.1. The van der Waals surface area contributed by atoms with Crippen LogP contribution in [-0.2, 0) is 6.54 Å². The Bertz CT molecular complexity index is 2630. The molecule has 0 saturated carbocycles. The summed E-state index contributed by atoms with van der Waals surface area (Å²) in [5.41, 5.74) is 2.66. The van der Waals surface area contributed by atoms with Crippen molar-refractivity contribution in [3.8, 4) is 17.2 Å². The number of imidazole rings is 2. The SMILES string of the molecule is CCC(CC(CNC(=O)c1cc(OC)c(OC)c(OC)c1)c1ccc(F)c(F)c1)N1CCC(C(=O)c2nc3c(C(=O)c4nc5ccccc5n4CCCC(F)(F)F)cccc3[nH]2)CC1. The third-order valence-electron chi connectivity index (χ3n) is 12.0. The van der Waals surface area contributed by atoms with Gasteiger partial charge in [0, 0.05) is 43.0 Å². The number of alkyl halides is 3. The summed E-state index contributed by atoms with van der Waals surface area (Å²) in [6.07, 6.45) is -3.38. The maximum Gasteiger partial charge on any atom is 0.389 e. The van der Waals surface area contributed by atoms with E-state index in [1.54, 1.807) is 42.5 Å². The Morgan fingerprint density at radius 3 is 2.27 bits per heavy atom. The molecular formula is C47H49F5N6O6. The number of benzene rings is 4. The van der Waals surface area contributed by atoms with Crippen molar-refractivity contribution < 1.29 is 50.5 Å². The molecule has 0 spiro atoms. The maximum atomic E-state index is 14.6. The Balaban J connectivity index is 1.04. The molecule has 0 radical (unpaired) electrons. The highest BCUT2D eigenvalue weighted by atomic mass is 19.4. The number of halogens is 5. The summed E-state index contributed by atoms with van der Waals surface area (Å²) in [4.78, 5) is 56.1. The zero-order chi connectivity index (χ0) is 45.7. The first-order chi connectivity index (χ1) is 30.7. The number of hydrogen-bond donors (Lipinski definition) is 2. The summed E-state index contributed by atoms with van der Waals surface area (Å²) >= 11 is 0. The van der Waals surface area contributed by atoms with Crippen molar-refractivity contribution in [3.63, 3.8) is 0 Å². The lowest BCUT2D eigenvalue weighted by molar-refractivity contribution is -0.135. The smallest absolute Gasteiger partial charge is 0.389 e. The van der Waals surface area contributed by atoms with Crippen molar-refractivity contribution in [3.05, 3.63) is 113 Å². The number of ether oxygens (including phenoxy) is 3. The van der Waals surface area contributed by atoms with E-state index in [0.717, 1.165) is 12.1 Å². The number of aryl methyl sites for hydroxylation is 1. The second-order valence-electron chi connectivity index (χ2n) is 15.9. The van der Waals surface area contributed by atoms with E-state index in [-0.39, 0.29) is 65.5 Å². The van der Waals surface area contributed by atoms with E-state index in [1.165, 1.54) is 44.1 Å². The van der Waals surface area contributed by atoms with Crippen molar-refractivity contribution in [1.82, 2.24) is 29.7 Å². The number of nitrogens with zero attached hydrogens (tertiary/aromatic N) is 4. The summed E-state index contributed by atoms with van der Waals surface area (Å²) < 4.78 is 85.6. The number of amides is 1. The van der Waals surface area contributed by atoms with Gasteiger partial charge in [-0.25, -0.2) is 18.7 Å². The number of aromatic nitrogens is 4. The van der Waals surface area contributed by atoms with Gasteiger partial charge in [0.2, 0.25) is 17.3 Å². The molecule has 1 aliphatic heterocycles. The van der Waals surface area contributed by atoms with Gasteiger partial charge >= 0.3 is 6.18 Å². The van der Waals surface area contributed by atoms with Crippen molar-refractivity contribution in [1.29, 1.82) is 0 Å². The molecular weight excluding hydrogens is 840 g/mol. The van der Waals surface area contributed by atoms with E-state index in [2.05, 4.69) is 25.2 Å². The summed E-state index contributed by atoms with van der Waals surface area (Å²) in [6, 6.07) is 18.6. The maximum absolute atomic E-state index is 14.6. The molecule has 0 aliphatic carbocycles. The summed E-state index contributed by atoms with van der Waals surface area (Å²) in [5.74, 6) is -2.92. The Kier molecular flexibility index (Phi) is 14.0. The van der Waals surface area contributed by atoms with Gasteiger partial charge in [-0.15, -0.1) is 0 Å². The normalized spacial score (nSPS) is 14.7. The van der Waals surface area contributed by atoms with Crippen LogP contribution in [0.5, 0.6) is 17.2 Å². The van der Waals surface area contributed by atoms with Crippen LogP contribution in [0.3, 0.4) is 0 Å². The van der Waals surface area contributed by atoms with Crippen LogP contribution in [-0.4, -0.2) is 95.1 Å². The topological polar surface area (TPSA) is 141 Å². The van der Waals surface area contributed by atoms with Crippen molar-refractivity contribution in [2.24, 2.45) is 5.92 Å². The number of ketones is 2. The van der Waals surface area contributed by atoms with Gasteiger partial charge in [-0.2, -0.15) is 13.2 Å². The predicted molar refractivity (Wildman–Crippen MR) is 229 cm³/mol. The summed E-state index contributed by atoms with van der Waals surface area (Å²) in [5, 5.41) is 2.95. The number of hydrogen-bond acceptors (Lipinski definition) is 9. The summed E-state index contributed by atoms with van der Waals surface area (Å²) in [7, 11) is 4.35. The molecule has 1 amide bonds. The van der Waals surface area contributed by atoms with Gasteiger partial charge < -0.3 is 34.0 Å². The molecule has 338 valence electrons. The van der Waals surface area contributed by atoms with Crippen molar-refractivity contribution >= 4 is 39.5 Å². The third-order valence-corrected chi connectivity index (χ3v) is 12.0. The largest absolute Gasteiger partial charge is 0.493 e. The van der Waals surface area contributed by atoms with Crippen LogP contribution in [0.15, 0.2) is 72.8 Å². The van der Waals surface area contributed by atoms with Gasteiger partial charge in [0.15, 0.2) is 34.8 Å². The first-order valence-corrected chi connectivity index (χ1v) is 21.1. The third kappa shape index (κ3) is 9.88. The first kappa shape index (κ1) is 45.7. The van der Waals surface area contributed by atoms with Gasteiger partial charge in [0.05, 0.1) is 43.4 Å². The van der Waals surface area contributed by atoms with E-state index in [0.29, 0.717) is 78.1 Å². The minimum Gasteiger partial charge on any atom is -0.493 e. The molecule has 1 saturated heterocycles. The molecule has 4 aromatic carbocycles. The highest BCUT2D eigenvalue weighted by molar-refractivity contribution is 6.15. The summed E-state index contributed by atoms with van der Waals surface area (Å²) in [6.45, 7) is 3.19. The number of likely N-dealkylation sites (tertiary alicyclic amines) is 1. The molecule has 6 aromatic rings. The van der Waals surface area contributed by atoms with E-state index in [9.17, 15) is 36.3 Å². The molecule has 2 N–H and O–H groups in total. The molecule has 0 bridgehead atoms. The second-order valence-corrected chi connectivity index (χ2v) is 15.9. The van der Waals surface area contributed by atoms with Crippen molar-refractivity contribution in [2.45, 2.75) is 70.1 Å². The zero-order valence-electron chi connectivity index (χ0n) is 35.9. The number of rotatable bonds is 18. The molecule has 17 heteroatoms. The minimum absolute atomic E-state index is 0.0163. The lowest BCUT2D eigenvalue weighted by Gasteiger charge is -2.38.